The minimum absolute atomic E-state index is 0.00986. The summed E-state index contributed by atoms with van der Waals surface area (Å²) in [6.45, 7) is 11.4. The first kappa shape index (κ1) is 25.1. The molecule has 0 aliphatic heterocycles. The normalized spacial score (nSPS) is 44.2. The Morgan fingerprint density at radius 1 is 1.12 bits per heavy atom. The number of carbonyl (C=O) groups is 1. The molecule has 4 aliphatic rings. The third kappa shape index (κ3) is 3.87. The maximum absolute atomic E-state index is 12.0. The van der Waals surface area contributed by atoms with E-state index >= 15 is 0 Å². The Kier molecular flexibility index (Phi) is 6.09. The molecule has 0 aromatic rings. The van der Waals surface area contributed by atoms with Gasteiger partial charge in [-0.3, -0.25) is 4.79 Å². The zero-order chi connectivity index (χ0) is 24.6. The van der Waals surface area contributed by atoms with Gasteiger partial charge >= 0.3 is 0 Å². The van der Waals surface area contributed by atoms with Crippen molar-refractivity contribution in [1.29, 1.82) is 0 Å². The summed E-state index contributed by atoms with van der Waals surface area (Å²) < 4.78 is 0. The SMILES string of the molecule is C[C@H]([C@H](O)C[C@](C)(O)C(C)(C)O)[C@H]1CC[C@@H]2[C@H]3[C@H](O)CC4=CC(=O)C=C[C@@]4(C)[C@H]3CC[C@@]12C. The van der Waals surface area contributed by atoms with Gasteiger partial charge in [0.15, 0.2) is 5.78 Å². The molecule has 10 atom stereocenters. The third-order valence-corrected chi connectivity index (χ3v) is 10.8. The van der Waals surface area contributed by atoms with E-state index in [1.807, 2.05) is 0 Å². The first-order valence-corrected chi connectivity index (χ1v) is 12.9. The maximum atomic E-state index is 12.0. The molecule has 4 rings (SSSR count). The van der Waals surface area contributed by atoms with Crippen LogP contribution in [-0.2, 0) is 4.79 Å². The molecule has 3 fully saturated rings. The van der Waals surface area contributed by atoms with E-state index in [1.165, 1.54) is 0 Å². The molecule has 0 spiro atoms. The fourth-order valence-electron chi connectivity index (χ4n) is 8.19. The Morgan fingerprint density at radius 3 is 2.42 bits per heavy atom. The number of hydrogen-bond donors (Lipinski definition) is 4. The first-order chi connectivity index (χ1) is 15.1. The summed E-state index contributed by atoms with van der Waals surface area (Å²) >= 11 is 0. The van der Waals surface area contributed by atoms with Gasteiger partial charge in [-0.15, -0.1) is 0 Å². The van der Waals surface area contributed by atoms with Crippen LogP contribution >= 0.6 is 0 Å². The van der Waals surface area contributed by atoms with Crippen molar-refractivity contribution < 1.29 is 25.2 Å². The molecule has 0 aromatic carbocycles. The molecule has 0 radical (unpaired) electrons. The lowest BCUT2D eigenvalue weighted by atomic mass is 9.46. The molecule has 0 saturated heterocycles. The van der Waals surface area contributed by atoms with E-state index in [4.69, 9.17) is 0 Å². The number of hydrogen-bond acceptors (Lipinski definition) is 5. The Balaban J connectivity index is 1.56. The Morgan fingerprint density at radius 2 is 1.79 bits per heavy atom. The van der Waals surface area contributed by atoms with E-state index < -0.39 is 23.4 Å². The molecule has 0 unspecified atom stereocenters. The van der Waals surface area contributed by atoms with Crippen LogP contribution in [-0.4, -0.2) is 49.6 Å². The van der Waals surface area contributed by atoms with E-state index in [1.54, 1.807) is 32.9 Å². The summed E-state index contributed by atoms with van der Waals surface area (Å²) in [6.07, 6.45) is 9.19. The lowest BCUT2D eigenvalue weighted by Crippen LogP contribution is -2.55. The van der Waals surface area contributed by atoms with Crippen molar-refractivity contribution in [3.05, 3.63) is 23.8 Å². The number of aliphatic hydroxyl groups is 4. The summed E-state index contributed by atoms with van der Waals surface area (Å²) in [4.78, 5) is 12.0. The van der Waals surface area contributed by atoms with Crippen LogP contribution in [0.1, 0.15) is 80.1 Å². The van der Waals surface area contributed by atoms with Gasteiger partial charge in [-0.1, -0.05) is 32.4 Å². The monoisotopic (exact) mass is 460 g/mol. The average Bonchev–Trinajstić information content (AvgIpc) is 3.04. The maximum Gasteiger partial charge on any atom is 0.178 e. The first-order valence-electron chi connectivity index (χ1n) is 12.9. The summed E-state index contributed by atoms with van der Waals surface area (Å²) in [5, 5.41) is 43.5. The van der Waals surface area contributed by atoms with Crippen LogP contribution in [0.5, 0.6) is 0 Å². The van der Waals surface area contributed by atoms with Crippen molar-refractivity contribution in [2.75, 3.05) is 0 Å². The van der Waals surface area contributed by atoms with Crippen LogP contribution in [0.2, 0.25) is 0 Å². The van der Waals surface area contributed by atoms with E-state index in [2.05, 4.69) is 26.8 Å². The van der Waals surface area contributed by atoms with Crippen LogP contribution < -0.4 is 0 Å². The Labute approximate surface area is 199 Å². The molecule has 3 saturated carbocycles. The van der Waals surface area contributed by atoms with Gasteiger partial charge in [0.1, 0.15) is 0 Å². The Hall–Kier alpha value is -1.01. The molecule has 0 aromatic heterocycles. The molecule has 186 valence electrons. The van der Waals surface area contributed by atoms with Gasteiger partial charge in [0.05, 0.1) is 23.4 Å². The second-order valence-electron chi connectivity index (χ2n) is 12.9. The van der Waals surface area contributed by atoms with Gasteiger partial charge in [-0.25, -0.2) is 0 Å². The standard InChI is InChI=1S/C28H44O5/c1-16(23(31)15-28(6,33)25(2,3)32)19-7-8-20-24-21(10-12-27(19,20)5)26(4)11-9-18(29)13-17(26)14-22(24)30/h9,11,13,16,19-24,30-33H,7-8,10,12,14-15H2,1-6H3/t16-,19+,20+,21-,22+,23+,24+,26+,27-,28-/m0/s1. The highest BCUT2D eigenvalue weighted by molar-refractivity contribution is 6.01. The zero-order valence-corrected chi connectivity index (χ0v) is 21.2. The van der Waals surface area contributed by atoms with Crippen LogP contribution in [0.25, 0.3) is 0 Å². The summed E-state index contributed by atoms with van der Waals surface area (Å²) in [5.74, 6) is 1.22. The largest absolute Gasteiger partial charge is 0.393 e. The van der Waals surface area contributed by atoms with Crippen molar-refractivity contribution in [1.82, 2.24) is 0 Å². The van der Waals surface area contributed by atoms with Crippen molar-refractivity contribution in [3.63, 3.8) is 0 Å². The average molecular weight is 461 g/mol. The molecule has 5 nitrogen and oxygen atoms in total. The van der Waals surface area contributed by atoms with Gasteiger partial charge in [-0.2, -0.15) is 0 Å². The van der Waals surface area contributed by atoms with Crippen molar-refractivity contribution in [3.8, 4) is 0 Å². The number of carbonyl (C=O) groups excluding carboxylic acids is 1. The van der Waals surface area contributed by atoms with Gasteiger partial charge in [0.25, 0.3) is 0 Å². The van der Waals surface area contributed by atoms with Crippen LogP contribution in [0.3, 0.4) is 0 Å². The second kappa shape index (κ2) is 8.01. The fraction of sp³-hybridized carbons (Fsp3) is 0.821. The molecular formula is C28H44O5. The molecule has 5 heteroatoms. The van der Waals surface area contributed by atoms with Gasteiger partial charge in [-0.05, 0) is 100 Å². The minimum Gasteiger partial charge on any atom is -0.393 e. The molecule has 0 heterocycles. The highest BCUT2D eigenvalue weighted by Gasteiger charge is 2.61. The lowest BCUT2D eigenvalue weighted by Gasteiger charge is -2.59. The number of allylic oxidation sites excluding steroid dienone is 3. The molecule has 4 aliphatic carbocycles. The van der Waals surface area contributed by atoms with Gasteiger partial charge in [0.2, 0.25) is 0 Å². The van der Waals surface area contributed by atoms with Gasteiger partial charge in [0, 0.05) is 11.8 Å². The van der Waals surface area contributed by atoms with Crippen molar-refractivity contribution in [2.45, 2.75) is 103 Å². The van der Waals surface area contributed by atoms with Crippen LogP contribution in [0, 0.1) is 40.4 Å². The number of aliphatic hydroxyl groups excluding tert-OH is 2. The predicted octanol–water partition coefficient (Wildman–Crippen LogP) is 3.79. The number of rotatable bonds is 5. The minimum atomic E-state index is -1.38. The Bertz CT molecular complexity index is 851. The third-order valence-electron chi connectivity index (χ3n) is 10.8. The highest BCUT2D eigenvalue weighted by atomic mass is 16.4. The molecule has 0 bridgehead atoms. The highest BCUT2D eigenvalue weighted by Crippen LogP contribution is 2.67. The quantitative estimate of drug-likeness (QED) is 0.500. The van der Waals surface area contributed by atoms with Crippen molar-refractivity contribution >= 4 is 5.78 Å². The molecule has 33 heavy (non-hydrogen) atoms. The van der Waals surface area contributed by atoms with E-state index in [9.17, 15) is 25.2 Å². The summed E-state index contributed by atoms with van der Waals surface area (Å²) in [6, 6.07) is 0. The number of ketones is 1. The zero-order valence-electron chi connectivity index (χ0n) is 21.2. The van der Waals surface area contributed by atoms with Gasteiger partial charge < -0.3 is 20.4 Å². The summed E-state index contributed by atoms with van der Waals surface area (Å²) in [5.41, 5.74) is -1.73. The molecule has 4 N–H and O–H groups in total. The van der Waals surface area contributed by atoms with Crippen molar-refractivity contribution in [2.24, 2.45) is 40.4 Å². The lowest BCUT2D eigenvalue weighted by molar-refractivity contribution is -0.149. The van der Waals surface area contributed by atoms with Crippen LogP contribution in [0.15, 0.2) is 23.8 Å². The molecular weight excluding hydrogens is 416 g/mol. The number of fused-ring (bicyclic) bond motifs is 5. The molecule has 0 amide bonds. The second-order valence-corrected chi connectivity index (χ2v) is 12.9. The summed E-state index contributed by atoms with van der Waals surface area (Å²) in [7, 11) is 0. The topological polar surface area (TPSA) is 98.0 Å². The van der Waals surface area contributed by atoms with E-state index in [0.29, 0.717) is 24.2 Å². The predicted molar refractivity (Wildman–Crippen MR) is 128 cm³/mol. The van der Waals surface area contributed by atoms with Crippen LogP contribution in [0.4, 0.5) is 0 Å². The fourth-order valence-corrected chi connectivity index (χ4v) is 8.19. The van der Waals surface area contributed by atoms with E-state index in [-0.39, 0.29) is 34.9 Å². The smallest absolute Gasteiger partial charge is 0.178 e. The van der Waals surface area contributed by atoms with E-state index in [0.717, 1.165) is 31.3 Å².